The second kappa shape index (κ2) is 5.59. The van der Waals surface area contributed by atoms with Gasteiger partial charge in [-0.05, 0) is 46.6 Å². The maximum Gasteiger partial charge on any atom is 0.573 e. The summed E-state index contributed by atoms with van der Waals surface area (Å²) in [5.74, 6) is 0.165. The van der Waals surface area contributed by atoms with Crippen LogP contribution in [-0.4, -0.2) is 20.0 Å². The Morgan fingerprint density at radius 3 is 2.41 bits per heavy atom. The van der Waals surface area contributed by atoms with Crippen LogP contribution < -0.4 is 15.2 Å². The molecule has 0 aliphatic heterocycles. The maximum atomic E-state index is 12.1. The van der Waals surface area contributed by atoms with Gasteiger partial charge >= 0.3 is 6.36 Å². The van der Waals surface area contributed by atoms with Crippen LogP contribution in [0.15, 0.2) is 16.6 Å². The summed E-state index contributed by atoms with van der Waals surface area (Å²) in [4.78, 5) is 0. The van der Waals surface area contributed by atoms with Crippen molar-refractivity contribution in [3.63, 3.8) is 0 Å². The van der Waals surface area contributed by atoms with Crippen LogP contribution in [0.1, 0.15) is 5.56 Å². The number of hydrogen-bond donors (Lipinski definition) is 1. The van der Waals surface area contributed by atoms with E-state index in [-0.39, 0.29) is 10.2 Å². The molecule has 1 aromatic carbocycles. The minimum atomic E-state index is -4.73. The van der Waals surface area contributed by atoms with Crippen molar-refractivity contribution in [3.05, 3.63) is 22.2 Å². The van der Waals surface area contributed by atoms with Gasteiger partial charge in [-0.15, -0.1) is 13.2 Å². The summed E-state index contributed by atoms with van der Waals surface area (Å²) >= 11 is 2.99. The molecule has 0 unspecified atom stereocenters. The van der Waals surface area contributed by atoms with Crippen LogP contribution in [0.2, 0.25) is 0 Å². The van der Waals surface area contributed by atoms with Crippen molar-refractivity contribution in [2.75, 3.05) is 13.7 Å². The van der Waals surface area contributed by atoms with Gasteiger partial charge in [-0.25, -0.2) is 0 Å². The summed E-state index contributed by atoms with van der Waals surface area (Å²) in [6, 6.07) is 2.69. The normalized spacial score (nSPS) is 11.4. The molecule has 3 nitrogen and oxygen atoms in total. The second-order valence-corrected chi connectivity index (χ2v) is 4.04. The molecule has 0 saturated carbocycles. The highest BCUT2D eigenvalue weighted by atomic mass is 79.9. The van der Waals surface area contributed by atoms with Crippen LogP contribution in [0.4, 0.5) is 13.2 Å². The highest BCUT2D eigenvalue weighted by molar-refractivity contribution is 9.10. The number of nitrogens with two attached hydrogens (primary N) is 1. The number of ether oxygens (including phenoxy) is 2. The lowest BCUT2D eigenvalue weighted by molar-refractivity contribution is -0.274. The smallest absolute Gasteiger partial charge is 0.496 e. The van der Waals surface area contributed by atoms with Crippen LogP contribution in [0.3, 0.4) is 0 Å². The lowest BCUT2D eigenvalue weighted by Gasteiger charge is -2.14. The van der Waals surface area contributed by atoms with Gasteiger partial charge in [-0.3, -0.25) is 0 Å². The Morgan fingerprint density at radius 2 is 1.94 bits per heavy atom. The molecule has 96 valence electrons. The Labute approximate surface area is 105 Å². The molecule has 0 spiro atoms. The van der Waals surface area contributed by atoms with Gasteiger partial charge in [0.25, 0.3) is 0 Å². The van der Waals surface area contributed by atoms with E-state index in [1.54, 1.807) is 0 Å². The third-order valence-electron chi connectivity index (χ3n) is 1.97. The fraction of sp³-hybridized carbons (Fsp3) is 0.400. The second-order valence-electron chi connectivity index (χ2n) is 3.18. The fourth-order valence-corrected chi connectivity index (χ4v) is 1.72. The summed E-state index contributed by atoms with van der Waals surface area (Å²) in [6.07, 6.45) is -4.32. The molecule has 0 saturated heterocycles. The van der Waals surface area contributed by atoms with Crippen LogP contribution >= 0.6 is 15.9 Å². The van der Waals surface area contributed by atoms with E-state index < -0.39 is 6.36 Å². The first kappa shape index (κ1) is 14.1. The van der Waals surface area contributed by atoms with Crippen molar-refractivity contribution < 1.29 is 22.6 Å². The van der Waals surface area contributed by atoms with Gasteiger partial charge < -0.3 is 15.2 Å². The molecule has 0 radical (unpaired) electrons. The van der Waals surface area contributed by atoms with Gasteiger partial charge in [-0.2, -0.15) is 0 Å². The molecule has 0 aliphatic carbocycles. The quantitative estimate of drug-likeness (QED) is 0.929. The summed E-state index contributed by atoms with van der Waals surface area (Å²) in [5.41, 5.74) is 5.94. The molecule has 0 fully saturated rings. The SMILES string of the molecule is COc1cc(Br)c(OC(F)(F)F)cc1CCN. The largest absolute Gasteiger partial charge is 0.573 e. The van der Waals surface area contributed by atoms with E-state index in [9.17, 15) is 13.2 Å². The number of benzene rings is 1. The number of hydrogen-bond acceptors (Lipinski definition) is 3. The van der Waals surface area contributed by atoms with Gasteiger partial charge in [0.2, 0.25) is 0 Å². The van der Waals surface area contributed by atoms with Crippen molar-refractivity contribution >= 4 is 15.9 Å². The molecule has 2 N–H and O–H groups in total. The Morgan fingerprint density at radius 1 is 1.29 bits per heavy atom. The lowest BCUT2D eigenvalue weighted by atomic mass is 10.1. The topological polar surface area (TPSA) is 44.5 Å². The van der Waals surface area contributed by atoms with Gasteiger partial charge in [0.15, 0.2) is 0 Å². The molecule has 17 heavy (non-hydrogen) atoms. The van der Waals surface area contributed by atoms with E-state index >= 15 is 0 Å². The van der Waals surface area contributed by atoms with Crippen LogP contribution in [0.5, 0.6) is 11.5 Å². The first-order valence-electron chi connectivity index (χ1n) is 4.69. The maximum absolute atomic E-state index is 12.1. The molecule has 0 bridgehead atoms. The molecule has 7 heteroatoms. The predicted octanol–water partition coefficient (Wildman–Crippen LogP) is 2.86. The fourth-order valence-electron chi connectivity index (χ4n) is 1.32. The van der Waals surface area contributed by atoms with E-state index in [1.807, 2.05) is 0 Å². The number of methoxy groups -OCH3 is 1. The van der Waals surface area contributed by atoms with E-state index in [2.05, 4.69) is 20.7 Å². The Kier molecular flexibility index (Phi) is 4.64. The number of rotatable bonds is 4. The van der Waals surface area contributed by atoms with Crippen molar-refractivity contribution in [2.24, 2.45) is 5.73 Å². The average molecular weight is 314 g/mol. The molecule has 0 aliphatic rings. The van der Waals surface area contributed by atoms with E-state index in [4.69, 9.17) is 10.5 Å². The molecular weight excluding hydrogens is 303 g/mol. The summed E-state index contributed by atoms with van der Waals surface area (Å²) in [6.45, 7) is 0.309. The minimum absolute atomic E-state index is 0.174. The van der Waals surface area contributed by atoms with Crippen molar-refractivity contribution in [3.8, 4) is 11.5 Å². The third kappa shape index (κ3) is 4.08. The van der Waals surface area contributed by atoms with Crippen LogP contribution in [-0.2, 0) is 6.42 Å². The van der Waals surface area contributed by atoms with Crippen molar-refractivity contribution in [2.45, 2.75) is 12.8 Å². The van der Waals surface area contributed by atoms with Crippen molar-refractivity contribution in [1.82, 2.24) is 0 Å². The molecule has 0 amide bonds. The van der Waals surface area contributed by atoms with Crippen LogP contribution in [0, 0.1) is 0 Å². The number of alkyl halides is 3. The Balaban J connectivity index is 3.10. The zero-order chi connectivity index (χ0) is 13.1. The predicted molar refractivity (Wildman–Crippen MR) is 60.1 cm³/mol. The lowest BCUT2D eigenvalue weighted by Crippen LogP contribution is -2.17. The summed E-state index contributed by atoms with van der Waals surface area (Å²) in [7, 11) is 1.44. The highest BCUT2D eigenvalue weighted by Gasteiger charge is 2.32. The zero-order valence-corrected chi connectivity index (χ0v) is 10.6. The minimum Gasteiger partial charge on any atom is -0.496 e. The first-order valence-corrected chi connectivity index (χ1v) is 5.49. The third-order valence-corrected chi connectivity index (χ3v) is 2.59. The molecule has 0 heterocycles. The standard InChI is InChI=1S/C10H11BrF3NO2/c1-16-8-5-7(11)9(17-10(12,13)14)4-6(8)2-3-15/h4-5H,2-3,15H2,1H3. The molecule has 1 rings (SSSR count). The number of halogens is 4. The van der Waals surface area contributed by atoms with Gasteiger partial charge in [0.05, 0.1) is 11.6 Å². The molecule has 0 atom stereocenters. The van der Waals surface area contributed by atoms with E-state index in [0.29, 0.717) is 24.3 Å². The van der Waals surface area contributed by atoms with E-state index in [1.165, 1.54) is 19.2 Å². The first-order chi connectivity index (χ1) is 7.87. The summed E-state index contributed by atoms with van der Waals surface area (Å²) in [5, 5.41) is 0. The zero-order valence-electron chi connectivity index (χ0n) is 8.97. The van der Waals surface area contributed by atoms with Crippen LogP contribution in [0.25, 0.3) is 0 Å². The molecular formula is C10H11BrF3NO2. The molecule has 0 aromatic heterocycles. The summed E-state index contributed by atoms with van der Waals surface area (Å²) < 4.78 is 45.5. The van der Waals surface area contributed by atoms with Gasteiger partial charge in [0, 0.05) is 0 Å². The molecule has 1 aromatic rings. The van der Waals surface area contributed by atoms with Crippen molar-refractivity contribution in [1.29, 1.82) is 0 Å². The van der Waals surface area contributed by atoms with Gasteiger partial charge in [-0.1, -0.05) is 0 Å². The Bertz CT molecular complexity index is 396. The Hall–Kier alpha value is -0.950. The highest BCUT2D eigenvalue weighted by Crippen LogP contribution is 2.36. The van der Waals surface area contributed by atoms with Gasteiger partial charge in [0.1, 0.15) is 11.5 Å². The monoisotopic (exact) mass is 313 g/mol. The van der Waals surface area contributed by atoms with E-state index in [0.717, 1.165) is 0 Å². The average Bonchev–Trinajstić information content (AvgIpc) is 2.21.